The number of nitrogens with one attached hydrogen (secondary N) is 1. The van der Waals surface area contributed by atoms with E-state index in [0.29, 0.717) is 27.7 Å². The molecule has 3 rings (SSSR count). The van der Waals surface area contributed by atoms with Gasteiger partial charge in [0.25, 0.3) is 0 Å². The Kier molecular flexibility index (Phi) is 7.62. The van der Waals surface area contributed by atoms with Gasteiger partial charge < -0.3 is 10.4 Å². The summed E-state index contributed by atoms with van der Waals surface area (Å²) in [5.74, 6) is 0.738. The number of nitrogens with zero attached hydrogens (tertiary/aromatic N) is 2. The zero-order chi connectivity index (χ0) is 19.9. The van der Waals surface area contributed by atoms with Crippen LogP contribution in [0.5, 0.6) is 0 Å². The molecule has 2 N–H and O–H groups in total. The van der Waals surface area contributed by atoms with Gasteiger partial charge in [-0.15, -0.1) is 11.8 Å². The summed E-state index contributed by atoms with van der Waals surface area (Å²) in [6, 6.07) is 8.15. The lowest BCUT2D eigenvalue weighted by Crippen LogP contribution is -2.20. The second kappa shape index (κ2) is 10.2. The SMILES string of the molecule is CSc1nc(NCC2CCCCC2)c(C(=O)O)c(SCc2ccccc2C)n1. The lowest BCUT2D eigenvalue weighted by Gasteiger charge is -2.22. The van der Waals surface area contributed by atoms with E-state index in [9.17, 15) is 9.90 Å². The number of anilines is 1. The molecule has 1 aromatic heterocycles. The summed E-state index contributed by atoms with van der Waals surface area (Å²) >= 11 is 2.90. The van der Waals surface area contributed by atoms with Gasteiger partial charge in [-0.1, -0.05) is 55.3 Å². The summed E-state index contributed by atoms with van der Waals surface area (Å²) in [6.07, 6.45) is 8.14. The number of hydrogen-bond donors (Lipinski definition) is 2. The highest BCUT2D eigenvalue weighted by Gasteiger charge is 2.22. The van der Waals surface area contributed by atoms with E-state index in [2.05, 4.69) is 34.3 Å². The molecule has 0 spiro atoms. The normalized spacial score (nSPS) is 14.8. The second-order valence-electron chi connectivity index (χ2n) is 7.14. The Morgan fingerprint density at radius 2 is 1.96 bits per heavy atom. The van der Waals surface area contributed by atoms with E-state index in [-0.39, 0.29) is 5.56 Å². The second-order valence-corrected chi connectivity index (χ2v) is 8.88. The van der Waals surface area contributed by atoms with Gasteiger partial charge in [0.2, 0.25) is 0 Å². The van der Waals surface area contributed by atoms with Crippen LogP contribution >= 0.6 is 23.5 Å². The van der Waals surface area contributed by atoms with Crippen LogP contribution in [0.3, 0.4) is 0 Å². The molecule has 0 amide bonds. The largest absolute Gasteiger partial charge is 0.477 e. The van der Waals surface area contributed by atoms with Crippen molar-refractivity contribution in [3.63, 3.8) is 0 Å². The number of benzene rings is 1. The van der Waals surface area contributed by atoms with Crippen LogP contribution in [0.1, 0.15) is 53.6 Å². The molecule has 0 aliphatic heterocycles. The highest BCUT2D eigenvalue weighted by Crippen LogP contribution is 2.32. The Bertz CT molecular complexity index is 823. The molecule has 1 aliphatic rings. The maximum atomic E-state index is 12.0. The predicted octanol–water partition coefficient (Wildman–Crippen LogP) is 5.49. The molecule has 150 valence electrons. The zero-order valence-corrected chi connectivity index (χ0v) is 18.0. The molecule has 7 heteroatoms. The first-order valence-electron chi connectivity index (χ1n) is 9.69. The van der Waals surface area contributed by atoms with Crippen molar-refractivity contribution in [2.24, 2.45) is 5.92 Å². The van der Waals surface area contributed by atoms with Crippen LogP contribution in [0.15, 0.2) is 34.4 Å². The van der Waals surface area contributed by atoms with E-state index in [1.54, 1.807) is 0 Å². The number of rotatable bonds is 8. The van der Waals surface area contributed by atoms with Crippen molar-refractivity contribution in [2.45, 2.75) is 55.0 Å². The monoisotopic (exact) mass is 417 g/mol. The third kappa shape index (κ3) is 5.41. The maximum Gasteiger partial charge on any atom is 0.342 e. The number of carbonyl (C=O) groups is 1. The standard InChI is InChI=1S/C21H27N3O2S2/c1-14-8-6-7-11-16(14)13-28-19-17(20(25)26)18(23-21(24-19)27-2)22-12-15-9-4-3-5-10-15/h6-8,11,15H,3-5,9-10,12-13H2,1-2H3,(H,25,26)(H,22,23,24). The van der Waals surface area contributed by atoms with E-state index in [1.807, 2.05) is 18.4 Å². The van der Waals surface area contributed by atoms with Crippen LogP contribution in [-0.2, 0) is 5.75 Å². The topological polar surface area (TPSA) is 75.1 Å². The third-order valence-electron chi connectivity index (χ3n) is 5.16. The molecular weight excluding hydrogens is 390 g/mol. The smallest absolute Gasteiger partial charge is 0.342 e. The number of aromatic carboxylic acids is 1. The molecule has 0 atom stereocenters. The summed E-state index contributed by atoms with van der Waals surface area (Å²) in [5, 5.41) is 14.3. The van der Waals surface area contributed by atoms with Crippen molar-refractivity contribution in [1.82, 2.24) is 9.97 Å². The van der Waals surface area contributed by atoms with Crippen molar-refractivity contribution in [2.75, 3.05) is 18.1 Å². The van der Waals surface area contributed by atoms with Gasteiger partial charge in [-0.25, -0.2) is 14.8 Å². The lowest BCUT2D eigenvalue weighted by molar-refractivity contribution is 0.0692. The quantitative estimate of drug-likeness (QED) is 0.334. The Morgan fingerprint density at radius 3 is 2.64 bits per heavy atom. The van der Waals surface area contributed by atoms with Crippen LogP contribution < -0.4 is 5.32 Å². The summed E-state index contributed by atoms with van der Waals surface area (Å²) in [6.45, 7) is 2.84. The van der Waals surface area contributed by atoms with Gasteiger partial charge in [0.15, 0.2) is 5.16 Å². The number of aromatic nitrogens is 2. The number of hydrogen-bond acceptors (Lipinski definition) is 6. The molecule has 1 aliphatic carbocycles. The first-order valence-corrected chi connectivity index (χ1v) is 11.9. The molecule has 28 heavy (non-hydrogen) atoms. The number of carboxylic acids is 1. The van der Waals surface area contributed by atoms with E-state index in [4.69, 9.17) is 0 Å². The Hall–Kier alpha value is -1.73. The van der Waals surface area contributed by atoms with Crippen molar-refractivity contribution in [3.8, 4) is 0 Å². The summed E-state index contributed by atoms with van der Waals surface area (Å²) in [5.41, 5.74) is 2.57. The van der Waals surface area contributed by atoms with Crippen molar-refractivity contribution in [1.29, 1.82) is 0 Å². The van der Waals surface area contributed by atoms with Crippen LogP contribution in [0.2, 0.25) is 0 Å². The molecule has 0 radical (unpaired) electrons. The number of aryl methyl sites for hydroxylation is 1. The van der Waals surface area contributed by atoms with E-state index >= 15 is 0 Å². The van der Waals surface area contributed by atoms with Gasteiger partial charge in [0.1, 0.15) is 16.4 Å². The molecule has 1 heterocycles. The molecular formula is C21H27N3O2S2. The van der Waals surface area contributed by atoms with Crippen LogP contribution in [0.25, 0.3) is 0 Å². The van der Waals surface area contributed by atoms with Crippen LogP contribution in [-0.4, -0.2) is 33.8 Å². The lowest BCUT2D eigenvalue weighted by atomic mass is 9.89. The van der Waals surface area contributed by atoms with Crippen LogP contribution in [0, 0.1) is 12.8 Å². The number of thioether (sulfide) groups is 2. The molecule has 1 fully saturated rings. The molecule has 0 bridgehead atoms. The van der Waals surface area contributed by atoms with Crippen molar-refractivity contribution >= 4 is 35.3 Å². The van der Waals surface area contributed by atoms with Crippen molar-refractivity contribution < 1.29 is 9.90 Å². The van der Waals surface area contributed by atoms with Gasteiger partial charge in [0.05, 0.1) is 0 Å². The molecule has 0 unspecified atom stereocenters. The fourth-order valence-electron chi connectivity index (χ4n) is 3.49. The highest BCUT2D eigenvalue weighted by molar-refractivity contribution is 7.99. The summed E-state index contributed by atoms with van der Waals surface area (Å²) in [4.78, 5) is 21.0. The first-order chi connectivity index (χ1) is 13.6. The minimum absolute atomic E-state index is 0.187. The Balaban J connectivity index is 1.83. The summed E-state index contributed by atoms with van der Waals surface area (Å²) in [7, 11) is 0. The first kappa shape index (κ1) is 21.0. The van der Waals surface area contributed by atoms with Crippen molar-refractivity contribution in [3.05, 3.63) is 41.0 Å². The molecule has 2 aromatic rings. The predicted molar refractivity (Wildman–Crippen MR) is 117 cm³/mol. The fraction of sp³-hybridized carbons (Fsp3) is 0.476. The minimum atomic E-state index is -0.980. The Labute approximate surface area is 175 Å². The fourth-order valence-corrected chi connectivity index (χ4v) is 5.01. The molecule has 5 nitrogen and oxygen atoms in total. The van der Waals surface area contributed by atoms with Crippen LogP contribution in [0.4, 0.5) is 5.82 Å². The highest BCUT2D eigenvalue weighted by atomic mass is 32.2. The van der Waals surface area contributed by atoms with Gasteiger partial charge >= 0.3 is 5.97 Å². The molecule has 1 saturated carbocycles. The summed E-state index contributed by atoms with van der Waals surface area (Å²) < 4.78 is 0. The third-order valence-corrected chi connectivity index (χ3v) is 6.73. The zero-order valence-electron chi connectivity index (χ0n) is 16.4. The van der Waals surface area contributed by atoms with Gasteiger partial charge in [0, 0.05) is 12.3 Å². The molecule has 1 aromatic carbocycles. The van der Waals surface area contributed by atoms with Gasteiger partial charge in [-0.05, 0) is 43.1 Å². The van der Waals surface area contributed by atoms with E-state index < -0.39 is 5.97 Å². The van der Waals surface area contributed by atoms with Gasteiger partial charge in [-0.2, -0.15) is 0 Å². The minimum Gasteiger partial charge on any atom is -0.477 e. The maximum absolute atomic E-state index is 12.0. The molecule has 0 saturated heterocycles. The average molecular weight is 418 g/mol. The Morgan fingerprint density at radius 1 is 1.21 bits per heavy atom. The number of carboxylic acid groups (broad SMARTS) is 1. The van der Waals surface area contributed by atoms with E-state index in [0.717, 1.165) is 6.54 Å². The van der Waals surface area contributed by atoms with E-state index in [1.165, 1.54) is 66.8 Å². The van der Waals surface area contributed by atoms with Gasteiger partial charge in [-0.3, -0.25) is 0 Å². The average Bonchev–Trinajstić information content (AvgIpc) is 2.71.